The van der Waals surface area contributed by atoms with Gasteiger partial charge in [-0.2, -0.15) is 0 Å². The monoisotopic (exact) mass is 324 g/mol. The second-order valence-electron chi connectivity index (χ2n) is 5.90. The molecule has 0 spiro atoms. The van der Waals surface area contributed by atoms with Crippen molar-refractivity contribution in [2.24, 2.45) is 0 Å². The molecular formula is C19H20N2O3. The third-order valence-electron chi connectivity index (χ3n) is 3.94. The minimum Gasteiger partial charge on any atom is -0.457 e. The number of hydrogen-bond donors (Lipinski definition) is 2. The van der Waals surface area contributed by atoms with Gasteiger partial charge in [0, 0.05) is 13.0 Å². The van der Waals surface area contributed by atoms with Gasteiger partial charge in [0.15, 0.2) is 0 Å². The summed E-state index contributed by atoms with van der Waals surface area (Å²) >= 11 is 0. The third kappa shape index (κ3) is 4.13. The molecule has 0 fully saturated rings. The maximum absolute atomic E-state index is 12.1. The largest absolute Gasteiger partial charge is 0.457 e. The Bertz CT molecular complexity index is 741. The molecule has 0 saturated heterocycles. The number of rotatable bonds is 0. The van der Waals surface area contributed by atoms with Crippen LogP contribution in [0, 0.1) is 0 Å². The molecule has 2 N–H and O–H groups in total. The van der Waals surface area contributed by atoms with Crippen LogP contribution in [-0.2, 0) is 22.6 Å². The fourth-order valence-corrected chi connectivity index (χ4v) is 2.56. The van der Waals surface area contributed by atoms with Crippen LogP contribution < -0.4 is 15.4 Å². The molecule has 24 heavy (non-hydrogen) atoms. The van der Waals surface area contributed by atoms with Gasteiger partial charge in [-0.1, -0.05) is 24.3 Å². The van der Waals surface area contributed by atoms with E-state index in [4.69, 9.17) is 4.74 Å². The maximum atomic E-state index is 12.1. The molecular weight excluding hydrogens is 304 g/mol. The van der Waals surface area contributed by atoms with Gasteiger partial charge in [0.1, 0.15) is 17.5 Å². The van der Waals surface area contributed by atoms with Gasteiger partial charge in [0.05, 0.1) is 0 Å². The van der Waals surface area contributed by atoms with Gasteiger partial charge in [-0.3, -0.25) is 9.59 Å². The lowest BCUT2D eigenvalue weighted by Gasteiger charge is -2.15. The van der Waals surface area contributed by atoms with Crippen LogP contribution in [-0.4, -0.2) is 17.9 Å². The van der Waals surface area contributed by atoms with Gasteiger partial charge in [-0.25, -0.2) is 0 Å². The average Bonchev–Trinajstić information content (AvgIpc) is 2.58. The number of fused-ring (bicyclic) bond motifs is 9. The summed E-state index contributed by atoms with van der Waals surface area (Å²) < 4.78 is 5.85. The van der Waals surface area contributed by atoms with E-state index in [2.05, 4.69) is 10.6 Å². The van der Waals surface area contributed by atoms with Crippen molar-refractivity contribution < 1.29 is 14.3 Å². The quantitative estimate of drug-likeness (QED) is 0.782. The molecule has 0 radical (unpaired) electrons. The van der Waals surface area contributed by atoms with E-state index >= 15 is 0 Å². The molecule has 1 atom stereocenters. The Morgan fingerprint density at radius 2 is 1.75 bits per heavy atom. The first-order valence-electron chi connectivity index (χ1n) is 8.03. The molecule has 2 aliphatic rings. The van der Waals surface area contributed by atoms with Crippen molar-refractivity contribution in [3.05, 3.63) is 59.7 Å². The number of benzene rings is 2. The summed E-state index contributed by atoms with van der Waals surface area (Å²) in [6, 6.07) is 14.7. The molecule has 0 saturated carbocycles. The van der Waals surface area contributed by atoms with Crippen molar-refractivity contribution in [2.75, 3.05) is 0 Å². The Labute approximate surface area is 141 Å². The minimum absolute atomic E-state index is 0.132. The van der Waals surface area contributed by atoms with Crippen LogP contribution in [0.1, 0.15) is 24.5 Å². The normalized spacial score (nSPS) is 18.5. The molecule has 0 aromatic heterocycles. The first kappa shape index (κ1) is 16.1. The second kappa shape index (κ2) is 7.17. The zero-order valence-corrected chi connectivity index (χ0v) is 13.5. The number of carbonyl (C=O) groups is 2. The maximum Gasteiger partial charge on any atom is 0.242 e. The van der Waals surface area contributed by atoms with Crippen LogP contribution in [0.15, 0.2) is 48.5 Å². The topological polar surface area (TPSA) is 67.4 Å². The van der Waals surface area contributed by atoms with Gasteiger partial charge < -0.3 is 15.4 Å². The highest BCUT2D eigenvalue weighted by molar-refractivity contribution is 5.87. The fourth-order valence-electron chi connectivity index (χ4n) is 2.56. The zero-order chi connectivity index (χ0) is 16.9. The lowest BCUT2D eigenvalue weighted by atomic mass is 10.1. The third-order valence-corrected chi connectivity index (χ3v) is 3.94. The van der Waals surface area contributed by atoms with E-state index in [0.29, 0.717) is 19.4 Å². The SMILES string of the molecule is C[C@@H]1NC(=O)CCc2ccc(cc2)Oc2cccc(c2)CNC1=O. The van der Waals surface area contributed by atoms with E-state index in [1.165, 1.54) is 0 Å². The van der Waals surface area contributed by atoms with Gasteiger partial charge in [-0.05, 0) is 48.7 Å². The summed E-state index contributed by atoms with van der Waals surface area (Å²) in [4.78, 5) is 24.1. The number of amides is 2. The molecule has 2 aliphatic heterocycles. The van der Waals surface area contributed by atoms with E-state index in [0.717, 1.165) is 22.6 Å². The molecule has 5 nitrogen and oxygen atoms in total. The highest BCUT2D eigenvalue weighted by atomic mass is 16.5. The van der Waals surface area contributed by atoms with Gasteiger partial charge in [0.2, 0.25) is 11.8 Å². The van der Waals surface area contributed by atoms with Crippen molar-refractivity contribution in [3.63, 3.8) is 0 Å². The number of hydrogen-bond acceptors (Lipinski definition) is 3. The Morgan fingerprint density at radius 3 is 2.54 bits per heavy atom. The van der Waals surface area contributed by atoms with Gasteiger partial charge >= 0.3 is 0 Å². The Hall–Kier alpha value is -2.82. The first-order chi connectivity index (χ1) is 11.6. The van der Waals surface area contributed by atoms with E-state index in [1.54, 1.807) is 6.92 Å². The summed E-state index contributed by atoms with van der Waals surface area (Å²) in [7, 11) is 0. The van der Waals surface area contributed by atoms with Crippen molar-refractivity contribution in [1.82, 2.24) is 10.6 Å². The summed E-state index contributed by atoms with van der Waals surface area (Å²) in [6.07, 6.45) is 0.965. The Morgan fingerprint density at radius 1 is 0.958 bits per heavy atom. The Balaban J connectivity index is 1.86. The second-order valence-corrected chi connectivity index (χ2v) is 5.90. The van der Waals surface area contributed by atoms with Crippen LogP contribution in [0.3, 0.4) is 0 Å². The van der Waals surface area contributed by atoms with Crippen molar-refractivity contribution >= 4 is 11.8 Å². The van der Waals surface area contributed by atoms with E-state index in [1.807, 2.05) is 48.5 Å². The van der Waals surface area contributed by atoms with E-state index in [9.17, 15) is 9.59 Å². The molecule has 0 unspecified atom stereocenters. The van der Waals surface area contributed by atoms with Gasteiger partial charge in [-0.15, -0.1) is 0 Å². The van der Waals surface area contributed by atoms with E-state index in [-0.39, 0.29) is 11.8 Å². The molecule has 4 bridgehead atoms. The average molecular weight is 324 g/mol. The molecule has 0 aliphatic carbocycles. The molecule has 4 rings (SSSR count). The standard InChI is InChI=1S/C19H20N2O3/c1-13-19(23)20-12-15-3-2-4-17(11-15)24-16-8-5-14(6-9-16)7-10-18(22)21-13/h2-6,8-9,11,13H,7,10,12H2,1H3,(H,20,23)(H,21,22)/t13-/m0/s1. The van der Waals surface area contributed by atoms with Crippen LogP contribution in [0.2, 0.25) is 0 Å². The molecule has 5 heteroatoms. The number of ether oxygens (including phenoxy) is 1. The zero-order valence-electron chi connectivity index (χ0n) is 13.5. The summed E-state index contributed by atoms with van der Waals surface area (Å²) in [6.45, 7) is 2.07. The molecule has 2 heterocycles. The van der Waals surface area contributed by atoms with Crippen LogP contribution >= 0.6 is 0 Å². The van der Waals surface area contributed by atoms with Crippen LogP contribution in [0.4, 0.5) is 0 Å². The Kier molecular flexibility index (Phi) is 4.79. The summed E-state index contributed by atoms with van der Waals surface area (Å²) in [5.41, 5.74) is 1.98. The molecule has 2 aromatic carbocycles. The minimum atomic E-state index is -0.563. The van der Waals surface area contributed by atoms with Crippen LogP contribution in [0.5, 0.6) is 11.5 Å². The van der Waals surface area contributed by atoms with Crippen molar-refractivity contribution in [3.8, 4) is 11.5 Å². The van der Waals surface area contributed by atoms with E-state index < -0.39 is 6.04 Å². The smallest absolute Gasteiger partial charge is 0.242 e. The lowest BCUT2D eigenvalue weighted by molar-refractivity contribution is -0.128. The number of nitrogens with one attached hydrogen (secondary N) is 2. The summed E-state index contributed by atoms with van der Waals surface area (Å²) in [5.74, 6) is 1.13. The lowest BCUT2D eigenvalue weighted by Crippen LogP contribution is -2.44. The van der Waals surface area contributed by atoms with Gasteiger partial charge in [0.25, 0.3) is 0 Å². The molecule has 124 valence electrons. The summed E-state index contributed by atoms with van der Waals surface area (Å²) in [5, 5.41) is 5.56. The number of aryl methyl sites for hydroxylation is 1. The predicted octanol–water partition coefficient (Wildman–Crippen LogP) is 2.55. The molecule has 2 amide bonds. The number of carbonyl (C=O) groups excluding carboxylic acids is 2. The first-order valence-corrected chi connectivity index (χ1v) is 8.03. The van der Waals surface area contributed by atoms with Crippen LogP contribution in [0.25, 0.3) is 0 Å². The highest BCUT2D eigenvalue weighted by Gasteiger charge is 2.15. The molecule has 2 aromatic rings. The van der Waals surface area contributed by atoms with Crippen molar-refractivity contribution in [2.45, 2.75) is 32.4 Å². The highest BCUT2D eigenvalue weighted by Crippen LogP contribution is 2.23. The fraction of sp³-hybridized carbons (Fsp3) is 0.263. The predicted molar refractivity (Wildman–Crippen MR) is 90.7 cm³/mol. The van der Waals surface area contributed by atoms with Crippen molar-refractivity contribution in [1.29, 1.82) is 0 Å².